The number of rotatable bonds is 3. The molecule has 1 aromatic carbocycles. The molecule has 1 saturated heterocycles. The first kappa shape index (κ1) is 16.3. The molecule has 21 heavy (non-hydrogen) atoms. The van der Waals surface area contributed by atoms with E-state index in [1.54, 1.807) is 6.07 Å². The largest absolute Gasteiger partial charge is 0.507 e. The van der Waals surface area contributed by atoms with Gasteiger partial charge in [-0.05, 0) is 39.8 Å². The highest BCUT2D eigenvalue weighted by molar-refractivity contribution is 6.31. The predicted molar refractivity (Wildman–Crippen MR) is 83.0 cm³/mol. The molecule has 0 aromatic heterocycles. The van der Waals surface area contributed by atoms with Crippen LogP contribution in [0.2, 0.25) is 5.02 Å². The maximum absolute atomic E-state index is 11.6. The Morgan fingerprint density at radius 3 is 2.76 bits per heavy atom. The van der Waals surface area contributed by atoms with Crippen molar-refractivity contribution >= 4 is 17.4 Å². The number of phenols is 1. The highest BCUT2D eigenvalue weighted by Gasteiger charge is 2.31. The number of hydrogen-bond acceptors (Lipinski definition) is 4. The van der Waals surface area contributed by atoms with Crippen LogP contribution in [0.25, 0.3) is 0 Å². The van der Waals surface area contributed by atoms with Gasteiger partial charge in [-0.1, -0.05) is 11.6 Å². The number of carbonyl (C=O) groups excluding carboxylic acids is 1. The smallest absolute Gasteiger partial charge is 0.163 e. The Morgan fingerprint density at radius 2 is 2.19 bits per heavy atom. The molecule has 0 amide bonds. The minimum absolute atomic E-state index is 0.0313. The summed E-state index contributed by atoms with van der Waals surface area (Å²) in [5.74, 6) is -0.157. The van der Waals surface area contributed by atoms with Crippen molar-refractivity contribution in [1.29, 1.82) is 0 Å². The van der Waals surface area contributed by atoms with Crippen LogP contribution in [0.4, 0.5) is 0 Å². The van der Waals surface area contributed by atoms with E-state index in [9.17, 15) is 9.90 Å². The maximum atomic E-state index is 11.6. The second-order valence-electron chi connectivity index (χ2n) is 6.38. The first-order chi connectivity index (χ1) is 9.68. The molecule has 0 radical (unpaired) electrons. The molecule has 4 nitrogen and oxygen atoms in total. The normalized spacial score (nSPS) is 22.2. The van der Waals surface area contributed by atoms with E-state index < -0.39 is 0 Å². The van der Waals surface area contributed by atoms with Crippen LogP contribution in [0.1, 0.15) is 43.6 Å². The Hall–Kier alpha value is -1.10. The molecule has 0 aliphatic carbocycles. The molecule has 1 atom stereocenters. The van der Waals surface area contributed by atoms with Gasteiger partial charge in [0.25, 0.3) is 0 Å². The SMILES string of the molecule is CC(=O)c1cc(Cl)cc(CN2CC(C)OC(C)(C)C2)c1O. The summed E-state index contributed by atoms with van der Waals surface area (Å²) in [6.07, 6.45) is 0.127. The summed E-state index contributed by atoms with van der Waals surface area (Å²) in [4.78, 5) is 13.8. The summed E-state index contributed by atoms with van der Waals surface area (Å²) in [5, 5.41) is 10.7. The van der Waals surface area contributed by atoms with Crippen LogP contribution in [0, 0.1) is 0 Å². The molecule has 2 rings (SSSR count). The molecule has 1 aromatic rings. The molecule has 1 aliphatic heterocycles. The fourth-order valence-corrected chi connectivity index (χ4v) is 3.23. The van der Waals surface area contributed by atoms with Crippen LogP contribution in [0.3, 0.4) is 0 Å². The number of Topliss-reactive ketones (excluding diaryl/α,β-unsaturated/α-hetero) is 1. The maximum Gasteiger partial charge on any atom is 0.163 e. The van der Waals surface area contributed by atoms with Gasteiger partial charge in [0.15, 0.2) is 5.78 Å². The third kappa shape index (κ3) is 3.96. The van der Waals surface area contributed by atoms with Crippen molar-refractivity contribution in [3.05, 3.63) is 28.3 Å². The summed E-state index contributed by atoms with van der Waals surface area (Å²) in [7, 11) is 0. The molecule has 116 valence electrons. The zero-order valence-corrected chi connectivity index (χ0v) is 13.7. The number of aromatic hydroxyl groups is 1. The van der Waals surface area contributed by atoms with Crippen molar-refractivity contribution in [2.75, 3.05) is 13.1 Å². The van der Waals surface area contributed by atoms with Crippen LogP contribution in [0.15, 0.2) is 12.1 Å². The van der Waals surface area contributed by atoms with Crippen molar-refractivity contribution in [2.45, 2.75) is 45.9 Å². The number of carbonyl (C=O) groups is 1. The standard InChI is InChI=1S/C16H22ClNO3/c1-10-7-18(9-16(3,4)21-10)8-12-5-13(17)6-14(11(2)19)15(12)20/h5-6,10,20H,7-9H2,1-4H3. The van der Waals surface area contributed by atoms with Gasteiger partial charge < -0.3 is 9.84 Å². The summed E-state index contributed by atoms with van der Waals surface area (Å²) >= 11 is 6.06. The highest BCUT2D eigenvalue weighted by Crippen LogP contribution is 2.30. The lowest BCUT2D eigenvalue weighted by atomic mass is 10.0. The topological polar surface area (TPSA) is 49.8 Å². The molecular formula is C16H22ClNO3. The van der Waals surface area contributed by atoms with E-state index in [1.807, 2.05) is 6.92 Å². The molecular weight excluding hydrogens is 290 g/mol. The van der Waals surface area contributed by atoms with Gasteiger partial charge in [0.05, 0.1) is 17.3 Å². The summed E-state index contributed by atoms with van der Waals surface area (Å²) in [6, 6.07) is 3.23. The summed E-state index contributed by atoms with van der Waals surface area (Å²) < 4.78 is 5.87. The first-order valence-electron chi connectivity index (χ1n) is 7.10. The molecule has 0 spiro atoms. The van der Waals surface area contributed by atoms with E-state index >= 15 is 0 Å². The molecule has 1 heterocycles. The van der Waals surface area contributed by atoms with Gasteiger partial charge in [-0.15, -0.1) is 0 Å². The van der Waals surface area contributed by atoms with Crippen molar-refractivity contribution in [1.82, 2.24) is 4.90 Å². The number of halogens is 1. The molecule has 0 saturated carbocycles. The molecule has 5 heteroatoms. The molecule has 1 unspecified atom stereocenters. The van der Waals surface area contributed by atoms with Crippen molar-refractivity contribution in [3.63, 3.8) is 0 Å². The van der Waals surface area contributed by atoms with E-state index in [1.165, 1.54) is 13.0 Å². The van der Waals surface area contributed by atoms with E-state index in [2.05, 4.69) is 18.7 Å². The first-order valence-corrected chi connectivity index (χ1v) is 7.48. The van der Waals surface area contributed by atoms with E-state index in [0.29, 0.717) is 17.1 Å². The third-order valence-electron chi connectivity index (χ3n) is 3.57. The number of nitrogens with zero attached hydrogens (tertiary/aromatic N) is 1. The van der Waals surface area contributed by atoms with Gasteiger partial charge in [-0.2, -0.15) is 0 Å². The molecule has 1 N–H and O–H groups in total. The fraction of sp³-hybridized carbons (Fsp3) is 0.562. The van der Waals surface area contributed by atoms with Gasteiger partial charge in [0, 0.05) is 30.2 Å². The number of benzene rings is 1. The van der Waals surface area contributed by atoms with Gasteiger partial charge in [-0.25, -0.2) is 0 Å². The van der Waals surface area contributed by atoms with Crippen LogP contribution in [-0.4, -0.2) is 40.6 Å². The van der Waals surface area contributed by atoms with Crippen LogP contribution >= 0.6 is 11.6 Å². The summed E-state index contributed by atoms with van der Waals surface area (Å²) in [6.45, 7) is 9.65. The second kappa shape index (κ2) is 5.95. The Morgan fingerprint density at radius 1 is 1.52 bits per heavy atom. The number of hydrogen-bond donors (Lipinski definition) is 1. The Kier molecular flexibility index (Phi) is 4.61. The number of morpholine rings is 1. The van der Waals surface area contributed by atoms with E-state index in [4.69, 9.17) is 16.3 Å². The zero-order chi connectivity index (χ0) is 15.8. The Labute approximate surface area is 130 Å². The van der Waals surface area contributed by atoms with Gasteiger partial charge in [-0.3, -0.25) is 9.69 Å². The molecule has 1 aliphatic rings. The third-order valence-corrected chi connectivity index (χ3v) is 3.79. The lowest BCUT2D eigenvalue weighted by Crippen LogP contribution is -2.51. The van der Waals surface area contributed by atoms with Crippen molar-refractivity contribution in [2.24, 2.45) is 0 Å². The second-order valence-corrected chi connectivity index (χ2v) is 6.81. The lowest BCUT2D eigenvalue weighted by Gasteiger charge is -2.41. The number of ether oxygens (including phenoxy) is 1. The minimum atomic E-state index is -0.227. The van der Waals surface area contributed by atoms with Crippen LogP contribution in [0.5, 0.6) is 5.75 Å². The monoisotopic (exact) mass is 311 g/mol. The van der Waals surface area contributed by atoms with Gasteiger partial charge >= 0.3 is 0 Å². The summed E-state index contributed by atoms with van der Waals surface area (Å²) in [5.41, 5.74) is 0.727. The molecule has 1 fully saturated rings. The van der Waals surface area contributed by atoms with Crippen LogP contribution < -0.4 is 0 Å². The minimum Gasteiger partial charge on any atom is -0.507 e. The highest BCUT2D eigenvalue weighted by atomic mass is 35.5. The Balaban J connectivity index is 2.25. The van der Waals surface area contributed by atoms with Gasteiger partial charge in [0.1, 0.15) is 5.75 Å². The Bertz CT molecular complexity index is 557. The van der Waals surface area contributed by atoms with Crippen LogP contribution in [-0.2, 0) is 11.3 Å². The van der Waals surface area contributed by atoms with Crippen molar-refractivity contribution < 1.29 is 14.6 Å². The fourth-order valence-electron chi connectivity index (χ4n) is 2.99. The zero-order valence-electron chi connectivity index (χ0n) is 12.9. The average molecular weight is 312 g/mol. The molecule has 0 bridgehead atoms. The van der Waals surface area contributed by atoms with Crippen molar-refractivity contribution in [3.8, 4) is 5.75 Å². The van der Waals surface area contributed by atoms with Gasteiger partial charge in [0.2, 0.25) is 0 Å². The average Bonchev–Trinajstić information content (AvgIpc) is 2.30. The number of phenolic OH excluding ortho intramolecular Hbond substituents is 1. The quantitative estimate of drug-likeness (QED) is 0.871. The predicted octanol–water partition coefficient (Wildman–Crippen LogP) is 3.25. The van der Waals surface area contributed by atoms with E-state index in [-0.39, 0.29) is 28.8 Å². The lowest BCUT2D eigenvalue weighted by molar-refractivity contribution is -0.130. The van der Waals surface area contributed by atoms with E-state index in [0.717, 1.165) is 13.1 Å². The number of ketones is 1.